The zero-order valence-electron chi connectivity index (χ0n) is 13.2. The summed E-state index contributed by atoms with van der Waals surface area (Å²) in [5.74, 6) is -0.351. The molecule has 7 heteroatoms. The Bertz CT molecular complexity index is 671. The molecule has 0 amide bonds. The Hall–Kier alpha value is -1.73. The zero-order chi connectivity index (χ0) is 16.0. The van der Waals surface area contributed by atoms with Gasteiger partial charge in [0.1, 0.15) is 5.82 Å². The van der Waals surface area contributed by atoms with Crippen molar-refractivity contribution in [1.82, 2.24) is 14.8 Å². The van der Waals surface area contributed by atoms with Gasteiger partial charge in [-0.15, -0.1) is 0 Å². The van der Waals surface area contributed by atoms with Gasteiger partial charge in [-0.3, -0.25) is 9.67 Å². The van der Waals surface area contributed by atoms with Crippen LogP contribution in [0.5, 0.6) is 0 Å². The third kappa shape index (κ3) is 2.78. The lowest BCUT2D eigenvalue weighted by Crippen LogP contribution is -2.41. The minimum Gasteiger partial charge on any atom is -0.399 e. The quantitative estimate of drug-likeness (QED) is 0.811. The first-order valence-electron chi connectivity index (χ1n) is 7.24. The predicted octanol–water partition coefficient (Wildman–Crippen LogP) is 1.76. The molecule has 3 heterocycles. The lowest BCUT2D eigenvalue weighted by molar-refractivity contribution is 0.00578. The van der Waals surface area contributed by atoms with Gasteiger partial charge in [0.15, 0.2) is 0 Å². The van der Waals surface area contributed by atoms with E-state index in [0.29, 0.717) is 6.54 Å². The first kappa shape index (κ1) is 15.2. The van der Waals surface area contributed by atoms with Crippen LogP contribution in [0.3, 0.4) is 0 Å². The fraction of sp³-hybridized carbons (Fsp3) is 0.467. The molecule has 1 aliphatic rings. The first-order valence-corrected chi connectivity index (χ1v) is 7.24. The zero-order valence-corrected chi connectivity index (χ0v) is 13.2. The molecule has 2 aromatic rings. The summed E-state index contributed by atoms with van der Waals surface area (Å²) in [5.41, 5.74) is 0.838. The van der Waals surface area contributed by atoms with Gasteiger partial charge >= 0.3 is 7.12 Å². The second-order valence-corrected chi connectivity index (χ2v) is 6.57. The van der Waals surface area contributed by atoms with Crippen molar-refractivity contribution in [3.63, 3.8) is 0 Å². The van der Waals surface area contributed by atoms with Gasteiger partial charge < -0.3 is 9.31 Å². The summed E-state index contributed by atoms with van der Waals surface area (Å²) in [6, 6.07) is 1.45. The van der Waals surface area contributed by atoms with Crippen LogP contribution in [0.2, 0.25) is 0 Å². The smallest absolute Gasteiger partial charge is 0.399 e. The molecule has 1 fully saturated rings. The fourth-order valence-corrected chi connectivity index (χ4v) is 2.30. The van der Waals surface area contributed by atoms with E-state index >= 15 is 0 Å². The van der Waals surface area contributed by atoms with E-state index in [1.54, 1.807) is 17.1 Å². The summed E-state index contributed by atoms with van der Waals surface area (Å²) >= 11 is 0. The van der Waals surface area contributed by atoms with Gasteiger partial charge in [0.05, 0.1) is 23.9 Å². The Morgan fingerprint density at radius 2 is 1.82 bits per heavy atom. The molecule has 1 aliphatic heterocycles. The molecular formula is C15H19BFN3O2. The van der Waals surface area contributed by atoms with Crippen molar-refractivity contribution in [3.8, 4) is 0 Å². The molecule has 0 N–H and O–H groups in total. The van der Waals surface area contributed by atoms with Crippen molar-refractivity contribution < 1.29 is 13.7 Å². The summed E-state index contributed by atoms with van der Waals surface area (Å²) in [6.45, 7) is 8.49. The molecule has 0 saturated carbocycles. The number of halogens is 1. The summed E-state index contributed by atoms with van der Waals surface area (Å²) in [7, 11) is -0.440. The highest BCUT2D eigenvalue weighted by atomic mass is 19.1. The molecule has 0 atom stereocenters. The van der Waals surface area contributed by atoms with Gasteiger partial charge in [0, 0.05) is 24.1 Å². The van der Waals surface area contributed by atoms with Crippen LogP contribution in [0.15, 0.2) is 30.9 Å². The van der Waals surface area contributed by atoms with Crippen molar-refractivity contribution >= 4 is 12.6 Å². The summed E-state index contributed by atoms with van der Waals surface area (Å²) in [5, 5.41) is 4.29. The number of hydrogen-bond donors (Lipinski definition) is 0. The molecule has 0 bridgehead atoms. The van der Waals surface area contributed by atoms with Crippen molar-refractivity contribution in [1.29, 1.82) is 0 Å². The second kappa shape index (κ2) is 5.17. The minimum absolute atomic E-state index is 0.351. The fourth-order valence-electron chi connectivity index (χ4n) is 2.30. The van der Waals surface area contributed by atoms with E-state index in [0.717, 1.165) is 11.0 Å². The van der Waals surface area contributed by atoms with E-state index < -0.39 is 7.12 Å². The van der Waals surface area contributed by atoms with Crippen LogP contribution in [-0.4, -0.2) is 33.1 Å². The molecule has 0 radical (unpaired) electrons. The maximum atomic E-state index is 13.2. The average molecular weight is 303 g/mol. The number of hydrogen-bond acceptors (Lipinski definition) is 4. The highest BCUT2D eigenvalue weighted by molar-refractivity contribution is 6.61. The average Bonchev–Trinajstić information content (AvgIpc) is 2.93. The third-order valence-corrected chi connectivity index (χ3v) is 4.28. The molecule has 0 aliphatic carbocycles. The number of nitrogens with zero attached hydrogens (tertiary/aromatic N) is 3. The molecule has 0 aromatic carbocycles. The molecule has 2 aromatic heterocycles. The summed E-state index contributed by atoms with van der Waals surface area (Å²) in [6.07, 6.45) is 6.38. The lowest BCUT2D eigenvalue weighted by Gasteiger charge is -2.32. The van der Waals surface area contributed by atoms with Gasteiger partial charge in [-0.25, -0.2) is 4.39 Å². The Labute approximate surface area is 129 Å². The van der Waals surface area contributed by atoms with Gasteiger partial charge in [-0.2, -0.15) is 5.10 Å². The van der Waals surface area contributed by atoms with Crippen molar-refractivity contribution in [2.75, 3.05) is 0 Å². The van der Waals surface area contributed by atoms with Crippen molar-refractivity contribution in [3.05, 3.63) is 42.2 Å². The topological polar surface area (TPSA) is 49.2 Å². The third-order valence-electron chi connectivity index (χ3n) is 4.28. The van der Waals surface area contributed by atoms with E-state index in [9.17, 15) is 4.39 Å². The number of aromatic nitrogens is 3. The lowest BCUT2D eigenvalue weighted by atomic mass is 9.82. The van der Waals surface area contributed by atoms with Crippen LogP contribution < -0.4 is 5.46 Å². The van der Waals surface area contributed by atoms with Crippen LogP contribution in [0.4, 0.5) is 4.39 Å². The van der Waals surface area contributed by atoms with E-state index in [-0.39, 0.29) is 17.0 Å². The van der Waals surface area contributed by atoms with Gasteiger partial charge in [0.25, 0.3) is 0 Å². The van der Waals surface area contributed by atoms with Crippen LogP contribution in [0.25, 0.3) is 0 Å². The molecule has 0 unspecified atom stereocenters. The van der Waals surface area contributed by atoms with Gasteiger partial charge in [0.2, 0.25) is 0 Å². The molecule has 3 rings (SSSR count). The van der Waals surface area contributed by atoms with Crippen LogP contribution in [0.1, 0.15) is 33.3 Å². The maximum absolute atomic E-state index is 13.2. The Morgan fingerprint density at radius 1 is 1.14 bits per heavy atom. The summed E-state index contributed by atoms with van der Waals surface area (Å²) in [4.78, 5) is 3.84. The van der Waals surface area contributed by atoms with Gasteiger partial charge in [-0.05, 0) is 39.3 Å². The highest BCUT2D eigenvalue weighted by Gasteiger charge is 2.52. The largest absolute Gasteiger partial charge is 0.498 e. The Morgan fingerprint density at radius 3 is 2.45 bits per heavy atom. The monoisotopic (exact) mass is 303 g/mol. The molecular weight excluding hydrogens is 284 g/mol. The Balaban J connectivity index is 1.75. The first-order chi connectivity index (χ1) is 10.3. The molecule has 0 spiro atoms. The molecule has 22 heavy (non-hydrogen) atoms. The summed E-state index contributed by atoms with van der Waals surface area (Å²) < 4.78 is 26.8. The molecule has 5 nitrogen and oxygen atoms in total. The van der Waals surface area contributed by atoms with Crippen molar-refractivity contribution in [2.45, 2.75) is 45.4 Å². The molecule has 116 valence electrons. The van der Waals surface area contributed by atoms with Crippen molar-refractivity contribution in [2.24, 2.45) is 0 Å². The Kier molecular flexibility index (Phi) is 3.57. The number of pyridine rings is 1. The normalized spacial score (nSPS) is 19.6. The van der Waals surface area contributed by atoms with E-state index in [1.807, 2.05) is 33.9 Å². The van der Waals surface area contributed by atoms with Crippen LogP contribution in [0, 0.1) is 5.82 Å². The maximum Gasteiger partial charge on any atom is 0.498 e. The standard InChI is InChI=1S/C15H19BFN3O2/c1-14(2)15(3,4)22-16(21-14)12-7-19-20(10-12)9-11-5-13(17)8-18-6-11/h5-8,10H,9H2,1-4H3. The minimum atomic E-state index is -0.440. The molecule has 1 saturated heterocycles. The van der Waals surface area contributed by atoms with Gasteiger partial charge in [-0.1, -0.05) is 0 Å². The van der Waals surface area contributed by atoms with E-state index in [4.69, 9.17) is 9.31 Å². The van der Waals surface area contributed by atoms with Crippen LogP contribution >= 0.6 is 0 Å². The second-order valence-electron chi connectivity index (χ2n) is 6.57. The SMILES string of the molecule is CC1(C)OB(c2cnn(Cc3cncc(F)c3)c2)OC1(C)C. The van der Waals surface area contributed by atoms with E-state index in [1.165, 1.54) is 12.3 Å². The van der Waals surface area contributed by atoms with Crippen LogP contribution in [-0.2, 0) is 15.9 Å². The highest BCUT2D eigenvalue weighted by Crippen LogP contribution is 2.36. The predicted molar refractivity (Wildman–Crippen MR) is 81.2 cm³/mol. The number of rotatable bonds is 3. The van der Waals surface area contributed by atoms with E-state index in [2.05, 4.69) is 10.1 Å².